The van der Waals surface area contributed by atoms with Crippen LogP contribution in [0.4, 0.5) is 0 Å². The number of rotatable bonds is 6. The lowest BCUT2D eigenvalue weighted by Gasteiger charge is -2.26. The number of carbonyl (C=O) groups is 1. The van der Waals surface area contributed by atoms with Gasteiger partial charge in [0.05, 0.1) is 6.10 Å². The van der Waals surface area contributed by atoms with Gasteiger partial charge in [0.25, 0.3) is 0 Å². The van der Waals surface area contributed by atoms with E-state index in [0.717, 1.165) is 12.8 Å². The molecule has 0 rings (SSSR count). The van der Waals surface area contributed by atoms with Crippen LogP contribution in [0.15, 0.2) is 0 Å². The van der Waals surface area contributed by atoms with Crippen molar-refractivity contribution >= 4 is 5.97 Å². The van der Waals surface area contributed by atoms with E-state index in [0.29, 0.717) is 12.8 Å². The minimum Gasteiger partial charge on any atom is -0.462 e. The predicted octanol–water partition coefficient (Wildman–Crippen LogP) is 2.24. The first kappa shape index (κ1) is 13.4. The molecule has 0 aromatic rings. The molecule has 3 nitrogen and oxygen atoms in total. The summed E-state index contributed by atoms with van der Waals surface area (Å²) >= 11 is 0. The van der Waals surface area contributed by atoms with E-state index in [2.05, 4.69) is 6.92 Å². The van der Waals surface area contributed by atoms with Crippen LogP contribution in [0.3, 0.4) is 0 Å². The first-order chi connectivity index (χ1) is 6.46. The molecule has 84 valence electrons. The van der Waals surface area contributed by atoms with Crippen LogP contribution in [0, 0.1) is 0 Å². The van der Waals surface area contributed by atoms with Gasteiger partial charge in [-0.05, 0) is 26.7 Å². The zero-order valence-corrected chi connectivity index (χ0v) is 9.80. The Kier molecular flexibility index (Phi) is 5.77. The molecule has 0 aromatic carbocycles. The lowest BCUT2D eigenvalue weighted by atomic mass is 9.91. The molecule has 0 saturated carbocycles. The Bertz CT molecular complexity index is 180. The van der Waals surface area contributed by atoms with Crippen molar-refractivity contribution in [1.82, 2.24) is 0 Å². The van der Waals surface area contributed by atoms with Crippen molar-refractivity contribution in [2.45, 2.75) is 65.0 Å². The summed E-state index contributed by atoms with van der Waals surface area (Å²) in [5, 5.41) is 0. The minimum atomic E-state index is -0.777. The monoisotopic (exact) mass is 201 g/mol. The van der Waals surface area contributed by atoms with Crippen molar-refractivity contribution in [2.75, 3.05) is 0 Å². The van der Waals surface area contributed by atoms with Crippen LogP contribution in [0.5, 0.6) is 0 Å². The third-order valence-corrected chi connectivity index (χ3v) is 2.36. The zero-order valence-electron chi connectivity index (χ0n) is 9.80. The van der Waals surface area contributed by atoms with Crippen molar-refractivity contribution in [3.05, 3.63) is 0 Å². The second-order valence-corrected chi connectivity index (χ2v) is 4.07. The highest BCUT2D eigenvalue weighted by atomic mass is 16.5. The molecular weight excluding hydrogens is 178 g/mol. The maximum absolute atomic E-state index is 11.7. The van der Waals surface area contributed by atoms with Crippen molar-refractivity contribution < 1.29 is 9.53 Å². The second kappa shape index (κ2) is 6.02. The highest BCUT2D eigenvalue weighted by Crippen LogP contribution is 2.18. The maximum atomic E-state index is 11.7. The van der Waals surface area contributed by atoms with E-state index in [1.165, 1.54) is 0 Å². The number of hydrogen-bond acceptors (Lipinski definition) is 3. The van der Waals surface area contributed by atoms with Gasteiger partial charge in [0.1, 0.15) is 5.54 Å². The lowest BCUT2D eigenvalue weighted by Crippen LogP contribution is -2.49. The number of ether oxygens (including phenoxy) is 1. The van der Waals surface area contributed by atoms with E-state index in [1.54, 1.807) is 0 Å². The molecule has 0 aliphatic carbocycles. The number of carbonyl (C=O) groups excluding carboxylic acids is 1. The number of hydrogen-bond donors (Lipinski definition) is 1. The fraction of sp³-hybridized carbons (Fsp3) is 0.909. The number of nitrogens with two attached hydrogens (primary N) is 1. The van der Waals surface area contributed by atoms with Crippen molar-refractivity contribution in [1.29, 1.82) is 0 Å². The Morgan fingerprint density at radius 1 is 1.43 bits per heavy atom. The Labute approximate surface area is 87.0 Å². The third kappa shape index (κ3) is 4.09. The summed E-state index contributed by atoms with van der Waals surface area (Å²) in [4.78, 5) is 11.7. The standard InChI is InChI=1S/C11H23NO2/c1-5-7-8-11(12,6-2)10(13)14-9(3)4/h9H,5-8,12H2,1-4H3/t11-/m1/s1. The molecule has 0 aromatic heterocycles. The van der Waals surface area contributed by atoms with Crippen LogP contribution < -0.4 is 5.73 Å². The topological polar surface area (TPSA) is 52.3 Å². The maximum Gasteiger partial charge on any atom is 0.326 e. The Balaban J connectivity index is 4.27. The van der Waals surface area contributed by atoms with E-state index < -0.39 is 5.54 Å². The summed E-state index contributed by atoms with van der Waals surface area (Å²) in [5.41, 5.74) is 5.22. The normalized spacial score (nSPS) is 15.3. The molecule has 1 atom stereocenters. The molecular formula is C11H23NO2. The minimum absolute atomic E-state index is 0.0846. The van der Waals surface area contributed by atoms with Crippen LogP contribution in [0.1, 0.15) is 53.4 Å². The van der Waals surface area contributed by atoms with Crippen molar-refractivity contribution in [3.8, 4) is 0 Å². The van der Waals surface area contributed by atoms with Crippen LogP contribution in [0.2, 0.25) is 0 Å². The summed E-state index contributed by atoms with van der Waals surface area (Å²) in [6.07, 6.45) is 3.29. The Morgan fingerprint density at radius 2 is 2.00 bits per heavy atom. The van der Waals surface area contributed by atoms with E-state index in [4.69, 9.17) is 10.5 Å². The molecule has 0 aliphatic heterocycles. The lowest BCUT2D eigenvalue weighted by molar-refractivity contribution is -0.154. The van der Waals surface area contributed by atoms with Gasteiger partial charge in [0, 0.05) is 0 Å². The predicted molar refractivity (Wildman–Crippen MR) is 58.0 cm³/mol. The van der Waals surface area contributed by atoms with E-state index in [1.807, 2.05) is 20.8 Å². The van der Waals surface area contributed by atoms with Crippen molar-refractivity contribution in [2.24, 2.45) is 5.73 Å². The summed E-state index contributed by atoms with van der Waals surface area (Å²) in [5.74, 6) is -0.261. The van der Waals surface area contributed by atoms with Crippen molar-refractivity contribution in [3.63, 3.8) is 0 Å². The molecule has 0 saturated heterocycles. The molecule has 0 amide bonds. The number of esters is 1. The number of unbranched alkanes of at least 4 members (excludes halogenated alkanes) is 1. The molecule has 0 radical (unpaired) electrons. The van der Waals surface area contributed by atoms with Gasteiger partial charge in [-0.2, -0.15) is 0 Å². The summed E-state index contributed by atoms with van der Waals surface area (Å²) < 4.78 is 5.14. The largest absolute Gasteiger partial charge is 0.462 e. The molecule has 0 heterocycles. The summed E-state index contributed by atoms with van der Waals surface area (Å²) in [6.45, 7) is 7.70. The summed E-state index contributed by atoms with van der Waals surface area (Å²) in [7, 11) is 0. The van der Waals surface area contributed by atoms with E-state index in [-0.39, 0.29) is 12.1 Å². The average molecular weight is 201 g/mol. The highest BCUT2D eigenvalue weighted by molar-refractivity contribution is 5.80. The first-order valence-electron chi connectivity index (χ1n) is 5.46. The average Bonchev–Trinajstić information content (AvgIpc) is 2.13. The molecule has 14 heavy (non-hydrogen) atoms. The van der Waals surface area contributed by atoms with Gasteiger partial charge in [-0.3, -0.25) is 4.79 Å². The summed E-state index contributed by atoms with van der Waals surface area (Å²) in [6, 6.07) is 0. The fourth-order valence-electron chi connectivity index (χ4n) is 1.25. The van der Waals surface area contributed by atoms with Crippen LogP contribution >= 0.6 is 0 Å². The van der Waals surface area contributed by atoms with Gasteiger partial charge in [-0.25, -0.2) is 0 Å². The Hall–Kier alpha value is -0.570. The Morgan fingerprint density at radius 3 is 2.36 bits per heavy atom. The van der Waals surface area contributed by atoms with Gasteiger partial charge in [-0.1, -0.05) is 26.7 Å². The molecule has 0 aliphatic rings. The van der Waals surface area contributed by atoms with E-state index >= 15 is 0 Å². The zero-order chi connectivity index (χ0) is 11.2. The molecule has 3 heteroatoms. The molecule has 2 N–H and O–H groups in total. The second-order valence-electron chi connectivity index (χ2n) is 4.07. The fourth-order valence-corrected chi connectivity index (χ4v) is 1.25. The van der Waals surface area contributed by atoms with Crippen LogP contribution in [0.25, 0.3) is 0 Å². The molecule has 0 spiro atoms. The van der Waals surface area contributed by atoms with Gasteiger partial charge in [0.2, 0.25) is 0 Å². The van der Waals surface area contributed by atoms with Crippen LogP contribution in [-0.4, -0.2) is 17.6 Å². The van der Waals surface area contributed by atoms with Gasteiger partial charge in [0.15, 0.2) is 0 Å². The molecule has 0 unspecified atom stereocenters. The van der Waals surface area contributed by atoms with Crippen LogP contribution in [-0.2, 0) is 9.53 Å². The third-order valence-electron chi connectivity index (χ3n) is 2.36. The quantitative estimate of drug-likeness (QED) is 0.670. The highest BCUT2D eigenvalue weighted by Gasteiger charge is 2.33. The van der Waals surface area contributed by atoms with Gasteiger partial charge in [-0.15, -0.1) is 0 Å². The van der Waals surface area contributed by atoms with Gasteiger partial charge >= 0.3 is 5.97 Å². The van der Waals surface area contributed by atoms with Gasteiger partial charge < -0.3 is 10.5 Å². The smallest absolute Gasteiger partial charge is 0.326 e. The molecule has 0 bridgehead atoms. The SMILES string of the molecule is CCCC[C@](N)(CC)C(=O)OC(C)C. The molecule has 0 fully saturated rings. The first-order valence-corrected chi connectivity index (χ1v) is 5.46. The van der Waals surface area contributed by atoms with E-state index in [9.17, 15) is 4.79 Å².